The smallest absolute Gasteiger partial charge is 0.238 e. The van der Waals surface area contributed by atoms with E-state index in [-0.39, 0.29) is 5.88 Å². The molecule has 0 fully saturated rings. The highest BCUT2D eigenvalue weighted by Crippen LogP contribution is 2.42. The lowest BCUT2D eigenvalue weighted by molar-refractivity contribution is 0.269. The van der Waals surface area contributed by atoms with Crippen LogP contribution in [-0.4, -0.2) is 12.8 Å². The normalized spacial score (nSPS) is 10.8. The molecule has 0 bridgehead atoms. The van der Waals surface area contributed by atoms with Gasteiger partial charge in [0, 0.05) is 17.3 Å². The second-order valence-electron chi connectivity index (χ2n) is 8.50. The molecule has 1 heterocycles. The molecular formula is C33H26N2O3. The van der Waals surface area contributed by atoms with Gasteiger partial charge in [0.05, 0.1) is 6.61 Å². The van der Waals surface area contributed by atoms with Gasteiger partial charge in [0.2, 0.25) is 5.88 Å². The first-order valence-corrected chi connectivity index (χ1v) is 12.4. The highest BCUT2D eigenvalue weighted by molar-refractivity contribution is 5.90. The monoisotopic (exact) mass is 498 g/mol. The molecule has 0 aliphatic heterocycles. The van der Waals surface area contributed by atoms with Crippen LogP contribution in [0.2, 0.25) is 0 Å². The van der Waals surface area contributed by atoms with Crippen molar-refractivity contribution in [2.24, 2.45) is 4.99 Å². The van der Waals surface area contributed by atoms with Crippen molar-refractivity contribution in [3.05, 3.63) is 126 Å². The zero-order valence-electron chi connectivity index (χ0n) is 21.0. The molecule has 0 atom stereocenters. The lowest BCUT2D eigenvalue weighted by Crippen LogP contribution is -2.00. The van der Waals surface area contributed by atoms with E-state index in [1.165, 1.54) is 0 Å². The molecule has 5 heteroatoms. The molecule has 0 N–H and O–H groups in total. The van der Waals surface area contributed by atoms with Gasteiger partial charge in [0.1, 0.15) is 24.0 Å². The van der Waals surface area contributed by atoms with Crippen molar-refractivity contribution < 1.29 is 13.9 Å². The van der Waals surface area contributed by atoms with Crippen LogP contribution in [0.25, 0.3) is 22.5 Å². The SMILES string of the molecule is CCOc1cc(/C=N/c2oc(-c3ccccc3)c(-c3ccccc3)c2C#N)ccc1OCc1ccccc1. The van der Waals surface area contributed by atoms with Crippen LogP contribution in [0.4, 0.5) is 5.88 Å². The maximum absolute atomic E-state index is 10.1. The van der Waals surface area contributed by atoms with E-state index >= 15 is 0 Å². The molecule has 5 aromatic rings. The van der Waals surface area contributed by atoms with Crippen molar-refractivity contribution in [1.82, 2.24) is 0 Å². The number of benzene rings is 4. The minimum atomic E-state index is 0.257. The molecule has 38 heavy (non-hydrogen) atoms. The first kappa shape index (κ1) is 24.6. The lowest BCUT2D eigenvalue weighted by Gasteiger charge is -2.12. The van der Waals surface area contributed by atoms with Gasteiger partial charge in [-0.05, 0) is 41.8 Å². The van der Waals surface area contributed by atoms with Crippen LogP contribution in [0.3, 0.4) is 0 Å². The van der Waals surface area contributed by atoms with Gasteiger partial charge in [-0.1, -0.05) is 91.0 Å². The van der Waals surface area contributed by atoms with Crippen molar-refractivity contribution in [2.45, 2.75) is 13.5 Å². The van der Waals surface area contributed by atoms with Gasteiger partial charge >= 0.3 is 0 Å². The summed E-state index contributed by atoms with van der Waals surface area (Å²) in [7, 11) is 0. The third-order valence-electron chi connectivity index (χ3n) is 5.94. The zero-order valence-corrected chi connectivity index (χ0v) is 21.0. The fraction of sp³-hybridized carbons (Fsp3) is 0.0909. The Labute approximate surface area is 222 Å². The minimum absolute atomic E-state index is 0.257. The lowest BCUT2D eigenvalue weighted by atomic mass is 9.98. The van der Waals surface area contributed by atoms with E-state index in [0.29, 0.717) is 36.0 Å². The van der Waals surface area contributed by atoms with Gasteiger partial charge in [-0.15, -0.1) is 0 Å². The number of hydrogen-bond acceptors (Lipinski definition) is 5. The van der Waals surface area contributed by atoms with Gasteiger partial charge in [-0.25, -0.2) is 4.99 Å². The van der Waals surface area contributed by atoms with Crippen LogP contribution in [0.15, 0.2) is 119 Å². The summed E-state index contributed by atoms with van der Waals surface area (Å²) in [6.45, 7) is 2.87. The van der Waals surface area contributed by atoms with Gasteiger partial charge in [-0.2, -0.15) is 5.26 Å². The Morgan fingerprint density at radius 1 is 0.789 bits per heavy atom. The van der Waals surface area contributed by atoms with E-state index < -0.39 is 0 Å². The summed E-state index contributed by atoms with van der Waals surface area (Å²) in [5.74, 6) is 2.15. The number of rotatable bonds is 9. The summed E-state index contributed by atoms with van der Waals surface area (Å²) >= 11 is 0. The summed E-state index contributed by atoms with van der Waals surface area (Å²) in [4.78, 5) is 4.59. The van der Waals surface area contributed by atoms with E-state index in [4.69, 9.17) is 13.9 Å². The third kappa shape index (κ3) is 5.50. The highest BCUT2D eigenvalue weighted by atomic mass is 16.5. The molecule has 0 amide bonds. The largest absolute Gasteiger partial charge is 0.490 e. The molecule has 0 saturated carbocycles. The maximum Gasteiger partial charge on any atom is 0.238 e. The van der Waals surface area contributed by atoms with E-state index in [1.807, 2.05) is 116 Å². The Kier molecular flexibility index (Phi) is 7.62. The van der Waals surface area contributed by atoms with Crippen LogP contribution in [0, 0.1) is 11.3 Å². The molecule has 5 rings (SSSR count). The Hall–Kier alpha value is -5.08. The third-order valence-corrected chi connectivity index (χ3v) is 5.94. The molecule has 0 aliphatic carbocycles. The molecule has 1 aromatic heterocycles. The standard InChI is InChI=1S/C33H26N2O3/c1-2-36-30-20-25(18-19-29(30)37-23-24-12-6-3-7-13-24)22-35-33-28(21-34)31(26-14-8-4-9-15-26)32(38-33)27-16-10-5-11-17-27/h3-20,22H,2,23H2,1H3/b35-22+. The van der Waals surface area contributed by atoms with Crippen molar-refractivity contribution in [2.75, 3.05) is 6.61 Å². The fourth-order valence-electron chi connectivity index (χ4n) is 4.15. The summed E-state index contributed by atoms with van der Waals surface area (Å²) in [5, 5.41) is 10.1. The average Bonchev–Trinajstić information content (AvgIpc) is 3.36. The number of furan rings is 1. The van der Waals surface area contributed by atoms with Crippen LogP contribution >= 0.6 is 0 Å². The molecule has 0 aliphatic rings. The first-order chi connectivity index (χ1) is 18.8. The van der Waals surface area contributed by atoms with Crippen LogP contribution in [0.5, 0.6) is 11.5 Å². The van der Waals surface area contributed by atoms with E-state index in [2.05, 4.69) is 11.1 Å². The highest BCUT2D eigenvalue weighted by Gasteiger charge is 2.22. The number of hydrogen-bond donors (Lipinski definition) is 0. The number of nitriles is 1. The Balaban J connectivity index is 1.48. The Morgan fingerprint density at radius 2 is 1.45 bits per heavy atom. The molecular weight excluding hydrogens is 472 g/mol. The Bertz CT molecular complexity index is 1570. The predicted octanol–water partition coefficient (Wildman–Crippen LogP) is 8.21. The minimum Gasteiger partial charge on any atom is -0.490 e. The molecule has 186 valence electrons. The zero-order chi connectivity index (χ0) is 26.2. The second kappa shape index (κ2) is 11.8. The topological polar surface area (TPSA) is 67.8 Å². The van der Waals surface area contributed by atoms with Crippen LogP contribution < -0.4 is 9.47 Å². The van der Waals surface area contributed by atoms with Gasteiger partial charge in [0.15, 0.2) is 11.5 Å². The van der Waals surface area contributed by atoms with E-state index in [0.717, 1.165) is 27.8 Å². The summed E-state index contributed by atoms with van der Waals surface area (Å²) < 4.78 is 18.1. The average molecular weight is 499 g/mol. The molecule has 0 spiro atoms. The molecule has 0 radical (unpaired) electrons. The van der Waals surface area contributed by atoms with Crippen molar-refractivity contribution in [1.29, 1.82) is 5.26 Å². The number of nitrogens with zero attached hydrogens (tertiary/aromatic N) is 2. The summed E-state index contributed by atoms with van der Waals surface area (Å²) in [6.07, 6.45) is 1.67. The Morgan fingerprint density at radius 3 is 2.11 bits per heavy atom. The summed E-state index contributed by atoms with van der Waals surface area (Å²) in [6, 6.07) is 37.5. The van der Waals surface area contributed by atoms with E-state index in [9.17, 15) is 5.26 Å². The summed E-state index contributed by atoms with van der Waals surface area (Å²) in [5.41, 5.74) is 4.76. The molecule has 0 saturated heterocycles. The number of ether oxygens (including phenoxy) is 2. The van der Waals surface area contributed by atoms with Crippen molar-refractivity contribution >= 4 is 12.1 Å². The van der Waals surface area contributed by atoms with Gasteiger partial charge < -0.3 is 13.9 Å². The van der Waals surface area contributed by atoms with E-state index in [1.54, 1.807) is 6.21 Å². The van der Waals surface area contributed by atoms with Crippen molar-refractivity contribution in [3.8, 4) is 40.0 Å². The quantitative estimate of drug-likeness (QED) is 0.192. The van der Waals surface area contributed by atoms with Gasteiger partial charge in [-0.3, -0.25) is 0 Å². The molecule has 5 nitrogen and oxygen atoms in total. The first-order valence-electron chi connectivity index (χ1n) is 12.4. The molecule has 0 unspecified atom stereocenters. The van der Waals surface area contributed by atoms with Crippen LogP contribution in [-0.2, 0) is 6.61 Å². The van der Waals surface area contributed by atoms with Crippen LogP contribution in [0.1, 0.15) is 23.6 Å². The van der Waals surface area contributed by atoms with Crippen molar-refractivity contribution in [3.63, 3.8) is 0 Å². The van der Waals surface area contributed by atoms with Gasteiger partial charge in [0.25, 0.3) is 0 Å². The second-order valence-corrected chi connectivity index (χ2v) is 8.50. The molecule has 4 aromatic carbocycles. The fourth-order valence-corrected chi connectivity index (χ4v) is 4.15. The predicted molar refractivity (Wildman–Crippen MR) is 150 cm³/mol. The number of aliphatic imine (C=N–C) groups is 1. The maximum atomic E-state index is 10.1.